The molecule has 2 N–H and O–H groups in total. The molecule has 110 valence electrons. The summed E-state index contributed by atoms with van der Waals surface area (Å²) in [6.07, 6.45) is 0.302. The van der Waals surface area contributed by atoms with Crippen molar-refractivity contribution in [2.24, 2.45) is 0 Å². The molecule has 0 aliphatic heterocycles. The van der Waals surface area contributed by atoms with E-state index in [0.29, 0.717) is 6.42 Å². The second-order valence-corrected chi connectivity index (χ2v) is 5.87. The summed E-state index contributed by atoms with van der Waals surface area (Å²) in [7, 11) is 1.41. The minimum Gasteiger partial charge on any atom is -0.469 e. The van der Waals surface area contributed by atoms with Crippen LogP contribution in [0.25, 0.3) is 0 Å². The highest BCUT2D eigenvalue weighted by molar-refractivity contribution is 7.98. The van der Waals surface area contributed by atoms with E-state index in [9.17, 15) is 4.79 Å². The molecule has 0 aromatic heterocycles. The molecule has 0 heterocycles. The SMILES string of the molecule is COC(=O)Cc1ccccc1CSc1ccc(C)cc1N. The molecule has 0 amide bonds. The highest BCUT2D eigenvalue weighted by Crippen LogP contribution is 2.29. The molecule has 0 atom stereocenters. The number of hydrogen-bond acceptors (Lipinski definition) is 4. The van der Waals surface area contributed by atoms with Crippen LogP contribution in [-0.2, 0) is 21.7 Å². The second-order valence-electron chi connectivity index (χ2n) is 4.85. The molecule has 21 heavy (non-hydrogen) atoms. The monoisotopic (exact) mass is 301 g/mol. The molecule has 0 aliphatic rings. The Labute approximate surface area is 129 Å². The second kappa shape index (κ2) is 7.18. The zero-order valence-corrected chi connectivity index (χ0v) is 13.1. The molecular weight excluding hydrogens is 282 g/mol. The smallest absolute Gasteiger partial charge is 0.309 e. The van der Waals surface area contributed by atoms with Crippen LogP contribution in [0.15, 0.2) is 47.4 Å². The van der Waals surface area contributed by atoms with Crippen LogP contribution >= 0.6 is 11.8 Å². The van der Waals surface area contributed by atoms with Crippen LogP contribution in [-0.4, -0.2) is 13.1 Å². The Morgan fingerprint density at radius 2 is 1.90 bits per heavy atom. The maximum Gasteiger partial charge on any atom is 0.309 e. The van der Waals surface area contributed by atoms with E-state index in [1.54, 1.807) is 11.8 Å². The Balaban J connectivity index is 2.11. The number of esters is 1. The van der Waals surface area contributed by atoms with Gasteiger partial charge in [-0.3, -0.25) is 4.79 Å². The molecule has 0 unspecified atom stereocenters. The molecule has 0 saturated heterocycles. The van der Waals surface area contributed by atoms with E-state index in [1.165, 1.54) is 7.11 Å². The van der Waals surface area contributed by atoms with E-state index in [2.05, 4.69) is 6.07 Å². The third-order valence-electron chi connectivity index (χ3n) is 3.23. The van der Waals surface area contributed by atoms with Gasteiger partial charge in [0.1, 0.15) is 0 Å². The molecule has 3 nitrogen and oxygen atoms in total. The number of aryl methyl sites for hydroxylation is 1. The normalized spacial score (nSPS) is 10.4. The molecule has 0 radical (unpaired) electrons. The summed E-state index contributed by atoms with van der Waals surface area (Å²) in [6, 6.07) is 14.0. The highest BCUT2D eigenvalue weighted by Gasteiger charge is 2.09. The summed E-state index contributed by atoms with van der Waals surface area (Å²) in [5, 5.41) is 0. The molecule has 0 bridgehead atoms. The fraction of sp³-hybridized carbons (Fsp3) is 0.235. The van der Waals surface area contributed by atoms with Gasteiger partial charge in [-0.05, 0) is 35.7 Å². The molecule has 2 aromatic carbocycles. The van der Waals surface area contributed by atoms with E-state index in [4.69, 9.17) is 10.5 Å². The third kappa shape index (κ3) is 4.26. The summed E-state index contributed by atoms with van der Waals surface area (Å²) in [5.74, 6) is 0.558. The number of ether oxygens (including phenoxy) is 1. The number of rotatable bonds is 5. The lowest BCUT2D eigenvalue weighted by Gasteiger charge is -2.10. The minimum atomic E-state index is -0.220. The van der Waals surface area contributed by atoms with E-state index in [-0.39, 0.29) is 5.97 Å². The summed E-state index contributed by atoms with van der Waals surface area (Å²) in [6.45, 7) is 2.02. The van der Waals surface area contributed by atoms with Gasteiger partial charge >= 0.3 is 5.97 Å². The summed E-state index contributed by atoms with van der Waals surface area (Å²) in [4.78, 5) is 12.5. The van der Waals surface area contributed by atoms with E-state index in [1.807, 2.05) is 43.3 Å². The molecular formula is C17H19NO2S. The van der Waals surface area contributed by atoms with Crippen LogP contribution in [0.3, 0.4) is 0 Å². The van der Waals surface area contributed by atoms with E-state index < -0.39 is 0 Å². The van der Waals surface area contributed by atoms with Gasteiger partial charge in [0, 0.05) is 16.3 Å². The Kier molecular flexibility index (Phi) is 5.28. The van der Waals surface area contributed by atoms with Gasteiger partial charge in [0.15, 0.2) is 0 Å². The van der Waals surface area contributed by atoms with Crippen LogP contribution in [0, 0.1) is 6.92 Å². The fourth-order valence-electron chi connectivity index (χ4n) is 2.05. The van der Waals surface area contributed by atoms with Gasteiger partial charge in [-0.2, -0.15) is 0 Å². The van der Waals surface area contributed by atoms with Crippen molar-refractivity contribution in [1.29, 1.82) is 0 Å². The fourth-order valence-corrected chi connectivity index (χ4v) is 3.04. The van der Waals surface area contributed by atoms with Crippen molar-refractivity contribution in [2.75, 3.05) is 12.8 Å². The molecule has 0 aliphatic carbocycles. The molecule has 2 rings (SSSR count). The topological polar surface area (TPSA) is 52.3 Å². The average molecular weight is 301 g/mol. The lowest BCUT2D eigenvalue weighted by Crippen LogP contribution is -2.06. The quantitative estimate of drug-likeness (QED) is 0.521. The summed E-state index contributed by atoms with van der Waals surface area (Å²) >= 11 is 1.68. The Hall–Kier alpha value is -1.94. The number of thioether (sulfide) groups is 1. The first-order chi connectivity index (χ1) is 10.1. The van der Waals surface area contributed by atoms with Crippen molar-refractivity contribution in [1.82, 2.24) is 0 Å². The molecule has 0 fully saturated rings. The summed E-state index contributed by atoms with van der Waals surface area (Å²) in [5.41, 5.74) is 10.1. The van der Waals surface area contributed by atoms with Crippen LogP contribution in [0.5, 0.6) is 0 Å². The molecule has 4 heteroatoms. The molecule has 0 saturated carbocycles. The number of nitrogen functional groups attached to an aromatic ring is 1. The van der Waals surface area contributed by atoms with Crippen molar-refractivity contribution in [3.63, 3.8) is 0 Å². The number of methoxy groups -OCH3 is 1. The largest absolute Gasteiger partial charge is 0.469 e. The van der Waals surface area contributed by atoms with Crippen LogP contribution in [0.1, 0.15) is 16.7 Å². The first kappa shape index (κ1) is 15.4. The number of anilines is 1. The maximum atomic E-state index is 11.5. The van der Waals surface area contributed by atoms with Crippen molar-refractivity contribution < 1.29 is 9.53 Å². The van der Waals surface area contributed by atoms with E-state index >= 15 is 0 Å². The van der Waals surface area contributed by atoms with Gasteiger partial charge in [0.2, 0.25) is 0 Å². The van der Waals surface area contributed by atoms with Gasteiger partial charge in [-0.1, -0.05) is 30.3 Å². The minimum absolute atomic E-state index is 0.220. The van der Waals surface area contributed by atoms with Crippen molar-refractivity contribution >= 4 is 23.4 Å². The van der Waals surface area contributed by atoms with Crippen LogP contribution in [0.2, 0.25) is 0 Å². The van der Waals surface area contributed by atoms with Crippen molar-refractivity contribution in [3.8, 4) is 0 Å². The Morgan fingerprint density at radius 3 is 2.57 bits per heavy atom. The Morgan fingerprint density at radius 1 is 1.19 bits per heavy atom. The van der Waals surface area contributed by atoms with Gasteiger partial charge in [0.25, 0.3) is 0 Å². The zero-order valence-electron chi connectivity index (χ0n) is 12.3. The van der Waals surface area contributed by atoms with Gasteiger partial charge in [-0.25, -0.2) is 0 Å². The molecule has 2 aromatic rings. The average Bonchev–Trinajstić information content (AvgIpc) is 2.47. The van der Waals surface area contributed by atoms with Crippen molar-refractivity contribution in [2.45, 2.75) is 24.0 Å². The third-order valence-corrected chi connectivity index (χ3v) is 4.37. The first-order valence-corrected chi connectivity index (χ1v) is 7.71. The standard InChI is InChI=1S/C17H19NO2S/c1-12-7-8-16(15(18)9-12)21-11-14-6-4-3-5-13(14)10-17(19)20-2/h3-9H,10-11,18H2,1-2H3. The number of hydrogen-bond donors (Lipinski definition) is 1. The molecule has 0 spiro atoms. The van der Waals surface area contributed by atoms with Gasteiger partial charge in [0.05, 0.1) is 13.5 Å². The number of carbonyl (C=O) groups excluding carboxylic acids is 1. The van der Waals surface area contributed by atoms with Crippen LogP contribution in [0.4, 0.5) is 5.69 Å². The maximum absolute atomic E-state index is 11.5. The first-order valence-electron chi connectivity index (χ1n) is 6.72. The van der Waals surface area contributed by atoms with Gasteiger partial charge < -0.3 is 10.5 Å². The van der Waals surface area contributed by atoms with Crippen LogP contribution < -0.4 is 5.73 Å². The number of benzene rings is 2. The number of carbonyl (C=O) groups is 1. The van der Waals surface area contributed by atoms with E-state index in [0.717, 1.165) is 33.0 Å². The lowest BCUT2D eigenvalue weighted by atomic mass is 10.1. The van der Waals surface area contributed by atoms with Gasteiger partial charge in [-0.15, -0.1) is 11.8 Å². The predicted molar refractivity (Wildman–Crippen MR) is 87.3 cm³/mol. The summed E-state index contributed by atoms with van der Waals surface area (Å²) < 4.78 is 4.74. The zero-order chi connectivity index (χ0) is 15.2. The number of nitrogens with two attached hydrogens (primary N) is 1. The lowest BCUT2D eigenvalue weighted by molar-refractivity contribution is -0.139. The Bertz CT molecular complexity index is 640. The highest BCUT2D eigenvalue weighted by atomic mass is 32.2. The van der Waals surface area contributed by atoms with Crippen molar-refractivity contribution in [3.05, 3.63) is 59.2 Å². The predicted octanol–water partition coefficient (Wildman–Crippen LogP) is 3.59.